The first-order chi connectivity index (χ1) is 12.9. The van der Waals surface area contributed by atoms with Crippen molar-refractivity contribution < 1.29 is 17.9 Å². The number of amides is 1. The van der Waals surface area contributed by atoms with Crippen LogP contribution in [-0.2, 0) is 10.0 Å². The summed E-state index contributed by atoms with van der Waals surface area (Å²) in [5.74, 6) is 0.196. The Bertz CT molecular complexity index is 923. The van der Waals surface area contributed by atoms with Crippen LogP contribution in [0.5, 0.6) is 5.75 Å². The number of carbonyl (C=O) groups excluding carboxylic acids is 1. The van der Waals surface area contributed by atoms with E-state index in [0.29, 0.717) is 24.5 Å². The van der Waals surface area contributed by atoms with Crippen LogP contribution in [0.3, 0.4) is 0 Å². The molecule has 8 heteroatoms. The van der Waals surface area contributed by atoms with Gasteiger partial charge in [-0.3, -0.25) is 4.79 Å². The fourth-order valence-electron chi connectivity index (χ4n) is 2.97. The van der Waals surface area contributed by atoms with E-state index in [0.717, 1.165) is 19.3 Å². The molecule has 1 aliphatic heterocycles. The van der Waals surface area contributed by atoms with Gasteiger partial charge in [0, 0.05) is 18.8 Å². The van der Waals surface area contributed by atoms with Crippen LogP contribution < -0.4 is 10.1 Å². The van der Waals surface area contributed by atoms with Crippen LogP contribution in [0, 0.1) is 0 Å². The van der Waals surface area contributed by atoms with E-state index in [-0.39, 0.29) is 15.5 Å². The Kier molecular flexibility index (Phi) is 6.04. The minimum atomic E-state index is -3.64. The van der Waals surface area contributed by atoms with Gasteiger partial charge < -0.3 is 10.1 Å². The van der Waals surface area contributed by atoms with Crippen LogP contribution in [0.4, 0.5) is 5.69 Å². The van der Waals surface area contributed by atoms with Gasteiger partial charge in [-0.1, -0.05) is 18.0 Å². The molecule has 0 atom stereocenters. The third kappa shape index (κ3) is 4.43. The molecular formula is C19H21ClN2O4S. The van der Waals surface area contributed by atoms with Crippen LogP contribution in [0.1, 0.15) is 29.6 Å². The Morgan fingerprint density at radius 3 is 2.37 bits per heavy atom. The molecule has 0 saturated carbocycles. The predicted octanol–water partition coefficient (Wildman–Crippen LogP) is 3.78. The SMILES string of the molecule is COc1ccc(NC(=O)c2cc(S(=O)(=O)N3CCCCC3)ccc2Cl)cc1. The summed E-state index contributed by atoms with van der Waals surface area (Å²) in [5.41, 5.74) is 0.673. The molecule has 2 aromatic rings. The van der Waals surface area contributed by atoms with Crippen molar-refractivity contribution in [3.05, 3.63) is 53.1 Å². The van der Waals surface area contributed by atoms with Crippen molar-refractivity contribution in [1.82, 2.24) is 4.31 Å². The summed E-state index contributed by atoms with van der Waals surface area (Å²) >= 11 is 6.15. The number of sulfonamides is 1. The van der Waals surface area contributed by atoms with Crippen molar-refractivity contribution in [1.29, 1.82) is 0 Å². The van der Waals surface area contributed by atoms with Gasteiger partial charge in [-0.15, -0.1) is 0 Å². The third-order valence-electron chi connectivity index (χ3n) is 4.48. The molecule has 1 saturated heterocycles. The number of benzene rings is 2. The van der Waals surface area contributed by atoms with Gasteiger partial charge >= 0.3 is 0 Å². The molecule has 0 spiro atoms. The first-order valence-corrected chi connectivity index (χ1v) is 10.5. The molecule has 27 heavy (non-hydrogen) atoms. The first kappa shape index (κ1) is 19.7. The largest absolute Gasteiger partial charge is 0.497 e. The van der Waals surface area contributed by atoms with E-state index < -0.39 is 15.9 Å². The van der Waals surface area contributed by atoms with E-state index in [2.05, 4.69) is 5.32 Å². The van der Waals surface area contributed by atoms with E-state index >= 15 is 0 Å². The van der Waals surface area contributed by atoms with Gasteiger partial charge in [-0.2, -0.15) is 4.31 Å². The van der Waals surface area contributed by atoms with E-state index in [9.17, 15) is 13.2 Å². The molecular weight excluding hydrogens is 388 g/mol. The van der Waals surface area contributed by atoms with Crippen molar-refractivity contribution in [2.45, 2.75) is 24.2 Å². The molecule has 3 rings (SSSR count). The summed E-state index contributed by atoms with van der Waals surface area (Å²) in [6.45, 7) is 0.997. The fourth-order valence-corrected chi connectivity index (χ4v) is 4.71. The van der Waals surface area contributed by atoms with Crippen molar-refractivity contribution in [3.8, 4) is 5.75 Å². The minimum absolute atomic E-state index is 0.0775. The zero-order valence-electron chi connectivity index (χ0n) is 14.9. The Labute approximate surface area is 164 Å². The van der Waals surface area contributed by atoms with Crippen LogP contribution >= 0.6 is 11.6 Å². The summed E-state index contributed by atoms with van der Waals surface area (Å²) in [7, 11) is -2.08. The summed E-state index contributed by atoms with van der Waals surface area (Å²) in [5, 5.41) is 2.91. The number of anilines is 1. The van der Waals surface area contributed by atoms with Gasteiger partial charge in [0.1, 0.15) is 5.75 Å². The minimum Gasteiger partial charge on any atom is -0.497 e. The molecule has 144 valence electrons. The topological polar surface area (TPSA) is 75.7 Å². The van der Waals surface area contributed by atoms with Gasteiger partial charge in [0.25, 0.3) is 5.91 Å². The monoisotopic (exact) mass is 408 g/mol. The highest BCUT2D eigenvalue weighted by atomic mass is 35.5. The van der Waals surface area contributed by atoms with Crippen LogP contribution in [0.2, 0.25) is 5.02 Å². The number of nitrogens with one attached hydrogen (secondary N) is 1. The third-order valence-corrected chi connectivity index (χ3v) is 6.71. The highest BCUT2D eigenvalue weighted by Gasteiger charge is 2.27. The maximum atomic E-state index is 12.8. The van der Waals surface area contributed by atoms with Gasteiger partial charge in [0.05, 0.1) is 22.6 Å². The molecule has 0 aromatic heterocycles. The zero-order chi connectivity index (χ0) is 19.4. The Morgan fingerprint density at radius 1 is 1.07 bits per heavy atom. The van der Waals surface area contributed by atoms with Crippen molar-refractivity contribution >= 4 is 33.2 Å². The number of carbonyl (C=O) groups is 1. The van der Waals surface area contributed by atoms with Crippen LogP contribution in [-0.4, -0.2) is 38.8 Å². The van der Waals surface area contributed by atoms with Gasteiger partial charge in [0.15, 0.2) is 0 Å². The number of methoxy groups -OCH3 is 1. The molecule has 1 heterocycles. The number of hydrogen-bond donors (Lipinski definition) is 1. The number of ether oxygens (including phenoxy) is 1. The Morgan fingerprint density at radius 2 is 1.74 bits per heavy atom. The average Bonchev–Trinajstić information content (AvgIpc) is 2.69. The lowest BCUT2D eigenvalue weighted by Crippen LogP contribution is -2.35. The summed E-state index contributed by atoms with van der Waals surface area (Å²) in [4.78, 5) is 12.7. The smallest absolute Gasteiger partial charge is 0.257 e. The molecule has 1 N–H and O–H groups in total. The molecule has 0 radical (unpaired) electrons. The highest BCUT2D eigenvalue weighted by molar-refractivity contribution is 7.89. The number of hydrogen-bond acceptors (Lipinski definition) is 4. The molecule has 0 bridgehead atoms. The second-order valence-corrected chi connectivity index (χ2v) is 8.63. The number of piperidine rings is 1. The lowest BCUT2D eigenvalue weighted by atomic mass is 10.2. The molecule has 6 nitrogen and oxygen atoms in total. The zero-order valence-corrected chi connectivity index (χ0v) is 16.5. The molecule has 1 fully saturated rings. The number of halogens is 1. The summed E-state index contributed by atoms with van der Waals surface area (Å²) < 4.78 is 32.2. The maximum absolute atomic E-state index is 12.8. The highest BCUT2D eigenvalue weighted by Crippen LogP contribution is 2.26. The average molecular weight is 409 g/mol. The fraction of sp³-hybridized carbons (Fsp3) is 0.316. The lowest BCUT2D eigenvalue weighted by Gasteiger charge is -2.26. The quantitative estimate of drug-likeness (QED) is 0.816. The maximum Gasteiger partial charge on any atom is 0.257 e. The Hall–Kier alpha value is -2.09. The predicted molar refractivity (Wildman–Crippen MR) is 105 cm³/mol. The summed E-state index contributed by atoms with van der Waals surface area (Å²) in [6.07, 6.45) is 2.72. The molecule has 1 amide bonds. The van der Waals surface area contributed by atoms with E-state index in [1.165, 1.54) is 22.5 Å². The van der Waals surface area contributed by atoms with Crippen molar-refractivity contribution in [2.75, 3.05) is 25.5 Å². The molecule has 0 unspecified atom stereocenters. The van der Waals surface area contributed by atoms with E-state index in [4.69, 9.17) is 16.3 Å². The lowest BCUT2D eigenvalue weighted by molar-refractivity contribution is 0.102. The number of rotatable bonds is 5. The van der Waals surface area contributed by atoms with Crippen molar-refractivity contribution in [2.24, 2.45) is 0 Å². The Balaban J connectivity index is 1.84. The van der Waals surface area contributed by atoms with Gasteiger partial charge in [-0.05, 0) is 55.3 Å². The van der Waals surface area contributed by atoms with Crippen molar-refractivity contribution in [3.63, 3.8) is 0 Å². The van der Waals surface area contributed by atoms with Gasteiger partial charge in [0.2, 0.25) is 10.0 Å². The second kappa shape index (κ2) is 8.29. The van der Waals surface area contributed by atoms with Crippen LogP contribution in [0.25, 0.3) is 0 Å². The van der Waals surface area contributed by atoms with Gasteiger partial charge in [-0.25, -0.2) is 8.42 Å². The molecule has 1 aliphatic rings. The molecule has 2 aromatic carbocycles. The summed E-state index contributed by atoms with van der Waals surface area (Å²) in [6, 6.07) is 11.0. The second-order valence-electron chi connectivity index (χ2n) is 6.29. The molecule has 0 aliphatic carbocycles. The number of nitrogens with zero attached hydrogens (tertiary/aromatic N) is 1. The normalized spacial score (nSPS) is 15.3. The van der Waals surface area contributed by atoms with E-state index in [1.54, 1.807) is 31.4 Å². The van der Waals surface area contributed by atoms with Crippen LogP contribution in [0.15, 0.2) is 47.4 Å². The van der Waals surface area contributed by atoms with E-state index in [1.807, 2.05) is 0 Å². The first-order valence-electron chi connectivity index (χ1n) is 8.67. The standard InChI is InChI=1S/C19H21ClN2O4S/c1-26-15-7-5-14(6-8-15)21-19(23)17-13-16(9-10-18(17)20)27(24,25)22-11-3-2-4-12-22/h5-10,13H,2-4,11-12H2,1H3,(H,21,23).